The van der Waals surface area contributed by atoms with Crippen LogP contribution in [0.2, 0.25) is 5.02 Å². The lowest BCUT2D eigenvalue weighted by molar-refractivity contribution is -0.384. The van der Waals surface area contributed by atoms with Crippen LogP contribution in [0.1, 0.15) is 32.5 Å². The molecule has 0 aliphatic carbocycles. The van der Waals surface area contributed by atoms with Crippen molar-refractivity contribution in [1.29, 1.82) is 0 Å². The number of rotatable bonds is 4. The maximum Gasteiger partial charge on any atom is 0.288 e. The zero-order valence-corrected chi connectivity index (χ0v) is 18.6. The van der Waals surface area contributed by atoms with E-state index in [0.29, 0.717) is 23.4 Å². The fourth-order valence-corrected chi connectivity index (χ4v) is 5.21. The van der Waals surface area contributed by atoms with E-state index in [0.717, 1.165) is 27.9 Å². The van der Waals surface area contributed by atoms with Crippen LogP contribution in [0.25, 0.3) is 10.9 Å². The molecule has 3 heterocycles. The van der Waals surface area contributed by atoms with Crippen LogP contribution in [0, 0.1) is 10.1 Å². The number of halogens is 1. The first-order valence-corrected chi connectivity index (χ1v) is 11.2. The summed E-state index contributed by atoms with van der Waals surface area (Å²) in [4.78, 5) is 30.3. The number of nitrogens with zero attached hydrogens (tertiary/aromatic N) is 2. The molecule has 1 atom stereocenters. The number of hydrogen-bond donors (Lipinski definition) is 1. The SMILES string of the molecule is COc1ccc2[nH]c3c(c2c1)CCN(C(=O)c1cccs1)[C@@H]3c1ccc(Cl)c([N+](=O)[O-])c1. The van der Waals surface area contributed by atoms with E-state index in [2.05, 4.69) is 4.98 Å². The van der Waals surface area contributed by atoms with E-state index in [1.807, 2.05) is 29.6 Å². The van der Waals surface area contributed by atoms with Crippen molar-refractivity contribution >= 4 is 45.4 Å². The molecule has 1 aliphatic rings. The summed E-state index contributed by atoms with van der Waals surface area (Å²) in [5.74, 6) is 0.638. The number of methoxy groups -OCH3 is 1. The van der Waals surface area contributed by atoms with E-state index < -0.39 is 11.0 Å². The first kappa shape index (κ1) is 20.5. The maximum absolute atomic E-state index is 13.4. The summed E-state index contributed by atoms with van der Waals surface area (Å²) in [7, 11) is 1.62. The van der Waals surface area contributed by atoms with Crippen LogP contribution in [0.3, 0.4) is 0 Å². The molecule has 1 N–H and O–H groups in total. The quantitative estimate of drug-likeness (QED) is 0.313. The fourth-order valence-electron chi connectivity index (χ4n) is 4.34. The Bertz CT molecular complexity index is 1350. The molecule has 0 radical (unpaired) electrons. The Morgan fingerprint density at radius 2 is 2.12 bits per heavy atom. The maximum atomic E-state index is 13.4. The molecule has 2 aromatic heterocycles. The molecular formula is C23H18ClN3O4S. The van der Waals surface area contributed by atoms with Gasteiger partial charge in [-0.05, 0) is 53.3 Å². The molecule has 0 unspecified atom stereocenters. The number of nitro benzene ring substituents is 1. The van der Waals surface area contributed by atoms with Gasteiger partial charge in [-0.1, -0.05) is 23.7 Å². The van der Waals surface area contributed by atoms with Gasteiger partial charge in [-0.3, -0.25) is 14.9 Å². The third kappa shape index (κ3) is 3.32. The average Bonchev–Trinajstić information content (AvgIpc) is 3.46. The minimum atomic E-state index is -0.511. The highest BCUT2D eigenvalue weighted by atomic mass is 35.5. The predicted molar refractivity (Wildman–Crippen MR) is 124 cm³/mol. The smallest absolute Gasteiger partial charge is 0.288 e. The number of aromatic nitrogens is 1. The van der Waals surface area contributed by atoms with Gasteiger partial charge in [0.15, 0.2) is 0 Å². The molecule has 32 heavy (non-hydrogen) atoms. The highest BCUT2D eigenvalue weighted by molar-refractivity contribution is 7.12. The molecule has 162 valence electrons. The molecule has 1 aliphatic heterocycles. The molecule has 5 rings (SSSR count). The van der Waals surface area contributed by atoms with Crippen molar-refractivity contribution in [1.82, 2.24) is 9.88 Å². The van der Waals surface area contributed by atoms with Crippen LogP contribution in [0.15, 0.2) is 53.9 Å². The minimum absolute atomic E-state index is 0.0623. The zero-order chi connectivity index (χ0) is 22.4. The van der Waals surface area contributed by atoms with Crippen LogP contribution in [-0.2, 0) is 6.42 Å². The highest BCUT2D eigenvalue weighted by Gasteiger charge is 2.36. The molecule has 2 aromatic carbocycles. The van der Waals surface area contributed by atoms with E-state index in [1.165, 1.54) is 23.5 Å². The van der Waals surface area contributed by atoms with Gasteiger partial charge in [-0.2, -0.15) is 0 Å². The Labute approximate surface area is 192 Å². The number of nitrogens with one attached hydrogen (secondary N) is 1. The first-order valence-electron chi connectivity index (χ1n) is 9.94. The summed E-state index contributed by atoms with van der Waals surface area (Å²) >= 11 is 7.44. The fraction of sp³-hybridized carbons (Fsp3) is 0.174. The Hall–Kier alpha value is -3.36. The molecule has 0 spiro atoms. The Kier molecular flexibility index (Phi) is 5.11. The number of amides is 1. The van der Waals surface area contributed by atoms with Crippen LogP contribution in [-0.4, -0.2) is 34.4 Å². The van der Waals surface area contributed by atoms with E-state index in [9.17, 15) is 14.9 Å². The number of H-pyrrole nitrogens is 1. The van der Waals surface area contributed by atoms with Crippen molar-refractivity contribution in [3.8, 4) is 5.75 Å². The lowest BCUT2D eigenvalue weighted by Gasteiger charge is -2.36. The third-order valence-corrected chi connectivity index (χ3v) is 6.99. The second-order valence-corrected chi connectivity index (χ2v) is 8.88. The molecule has 9 heteroatoms. The van der Waals surface area contributed by atoms with Gasteiger partial charge in [0.2, 0.25) is 0 Å². The number of hydrogen-bond acceptors (Lipinski definition) is 5. The number of aromatic amines is 1. The van der Waals surface area contributed by atoms with Crippen molar-refractivity contribution < 1.29 is 14.5 Å². The van der Waals surface area contributed by atoms with E-state index >= 15 is 0 Å². The molecule has 0 saturated heterocycles. The molecule has 0 saturated carbocycles. The van der Waals surface area contributed by atoms with Crippen molar-refractivity contribution in [2.75, 3.05) is 13.7 Å². The second-order valence-electron chi connectivity index (χ2n) is 7.53. The second kappa shape index (κ2) is 7.96. The molecule has 0 bridgehead atoms. The van der Waals surface area contributed by atoms with Crippen LogP contribution in [0.5, 0.6) is 5.75 Å². The monoisotopic (exact) mass is 467 g/mol. The standard InChI is InChI=1S/C23H18ClN3O4S/c1-31-14-5-7-18-16(12-14)15-8-9-26(23(28)20-3-2-10-32-20)22(21(15)25-18)13-4-6-17(24)19(11-13)27(29)30/h2-7,10-12,22,25H,8-9H2,1H3/t22-/m1/s1. The Balaban J connectivity index is 1.71. The molecule has 4 aromatic rings. The number of carbonyl (C=O) groups excluding carboxylic acids is 1. The molecule has 1 amide bonds. The van der Waals surface area contributed by atoms with Gasteiger partial charge < -0.3 is 14.6 Å². The van der Waals surface area contributed by atoms with Gasteiger partial charge in [0.25, 0.3) is 11.6 Å². The highest BCUT2D eigenvalue weighted by Crippen LogP contribution is 2.41. The summed E-state index contributed by atoms with van der Waals surface area (Å²) in [5.41, 5.74) is 3.30. The van der Waals surface area contributed by atoms with Crippen LogP contribution in [0.4, 0.5) is 5.69 Å². The predicted octanol–water partition coefficient (Wildman–Crippen LogP) is 5.59. The van der Waals surface area contributed by atoms with Crippen LogP contribution >= 0.6 is 22.9 Å². The average molecular weight is 468 g/mol. The van der Waals surface area contributed by atoms with Crippen molar-refractivity contribution in [3.05, 3.63) is 90.7 Å². The number of benzene rings is 2. The largest absolute Gasteiger partial charge is 0.497 e. The summed E-state index contributed by atoms with van der Waals surface area (Å²) in [5, 5.41) is 14.5. The summed E-state index contributed by atoms with van der Waals surface area (Å²) in [6.07, 6.45) is 0.659. The number of nitro groups is 1. The summed E-state index contributed by atoms with van der Waals surface area (Å²) in [6, 6.07) is 13.6. The van der Waals surface area contributed by atoms with Gasteiger partial charge in [-0.15, -0.1) is 11.3 Å². The lowest BCUT2D eigenvalue weighted by Crippen LogP contribution is -2.40. The topological polar surface area (TPSA) is 88.5 Å². The van der Waals surface area contributed by atoms with E-state index in [1.54, 1.807) is 24.1 Å². The van der Waals surface area contributed by atoms with Gasteiger partial charge >= 0.3 is 0 Å². The van der Waals surface area contributed by atoms with Gasteiger partial charge in [0, 0.05) is 29.2 Å². The van der Waals surface area contributed by atoms with Crippen LogP contribution < -0.4 is 4.74 Å². The molecule has 7 nitrogen and oxygen atoms in total. The van der Waals surface area contributed by atoms with Crippen molar-refractivity contribution in [3.63, 3.8) is 0 Å². The van der Waals surface area contributed by atoms with Crippen molar-refractivity contribution in [2.45, 2.75) is 12.5 Å². The third-order valence-electron chi connectivity index (χ3n) is 5.81. The van der Waals surface area contributed by atoms with E-state index in [4.69, 9.17) is 16.3 Å². The normalized spacial score (nSPS) is 15.6. The first-order chi connectivity index (χ1) is 15.5. The molecular weight excluding hydrogens is 450 g/mol. The molecule has 0 fully saturated rings. The number of fused-ring (bicyclic) bond motifs is 3. The van der Waals surface area contributed by atoms with Crippen molar-refractivity contribution in [2.24, 2.45) is 0 Å². The summed E-state index contributed by atoms with van der Waals surface area (Å²) < 4.78 is 5.39. The van der Waals surface area contributed by atoms with Gasteiger partial charge in [0.05, 0.1) is 23.0 Å². The summed E-state index contributed by atoms with van der Waals surface area (Å²) in [6.45, 7) is 0.481. The van der Waals surface area contributed by atoms with Gasteiger partial charge in [0.1, 0.15) is 10.8 Å². The van der Waals surface area contributed by atoms with E-state index in [-0.39, 0.29) is 16.6 Å². The van der Waals surface area contributed by atoms with Gasteiger partial charge in [-0.25, -0.2) is 0 Å². The lowest BCUT2D eigenvalue weighted by atomic mass is 9.92. The Morgan fingerprint density at radius 3 is 2.84 bits per heavy atom. The minimum Gasteiger partial charge on any atom is -0.497 e. The number of ether oxygens (including phenoxy) is 1. The zero-order valence-electron chi connectivity index (χ0n) is 17.0. The number of thiophene rings is 1. The Morgan fingerprint density at radius 1 is 1.28 bits per heavy atom. The number of carbonyl (C=O) groups is 1.